The Morgan fingerprint density at radius 2 is 1.82 bits per heavy atom. The van der Waals surface area contributed by atoms with E-state index in [0.29, 0.717) is 11.3 Å². The first-order chi connectivity index (χ1) is 13.7. The molecule has 3 atom stereocenters. The number of likely N-dealkylation sites (N-methyl/N-ethyl adjacent to an activating group) is 1. The minimum atomic E-state index is -0.674. The third-order valence-electron chi connectivity index (χ3n) is 6.03. The lowest BCUT2D eigenvalue weighted by Crippen LogP contribution is -2.46. The van der Waals surface area contributed by atoms with Crippen LogP contribution in [0.25, 0.3) is 0 Å². The first kappa shape index (κ1) is 23.6. The third kappa shape index (κ3) is 8.37. The van der Waals surface area contributed by atoms with E-state index >= 15 is 0 Å². The Hall–Kier alpha value is -0.660. The van der Waals surface area contributed by atoms with Gasteiger partial charge in [0, 0.05) is 67.1 Å². The maximum absolute atomic E-state index is 12.2. The molecule has 1 aliphatic carbocycles. The fourth-order valence-corrected chi connectivity index (χ4v) is 5.58. The van der Waals surface area contributed by atoms with Gasteiger partial charge in [-0.3, -0.25) is 9.20 Å². The van der Waals surface area contributed by atoms with E-state index in [0.717, 1.165) is 50.5 Å². The van der Waals surface area contributed by atoms with Crippen LogP contribution >= 0.6 is 0 Å². The molecule has 2 fully saturated rings. The van der Waals surface area contributed by atoms with Gasteiger partial charge in [0.1, 0.15) is 0 Å². The maximum atomic E-state index is 12.2. The topological polar surface area (TPSA) is 60.0 Å². The summed E-state index contributed by atoms with van der Waals surface area (Å²) in [6.07, 6.45) is 6.80. The minimum absolute atomic E-state index is 0.354. The molecule has 28 heavy (non-hydrogen) atoms. The number of rotatable bonds is 10. The van der Waals surface area contributed by atoms with Gasteiger partial charge in [0.2, 0.25) is 0 Å². The van der Waals surface area contributed by atoms with Crippen LogP contribution in [-0.4, -0.2) is 89.4 Å². The summed E-state index contributed by atoms with van der Waals surface area (Å²) in [6, 6.07) is 0.405. The molecule has 7 heteroatoms. The van der Waals surface area contributed by atoms with Crippen molar-refractivity contribution >= 4 is 16.8 Å². The number of hydrogen-bond donors (Lipinski definition) is 2. The van der Waals surface area contributed by atoms with Crippen molar-refractivity contribution in [3.63, 3.8) is 0 Å². The zero-order valence-electron chi connectivity index (χ0n) is 18.4. The highest BCUT2D eigenvalue weighted by molar-refractivity contribution is 7.85. The predicted molar refractivity (Wildman–Crippen MR) is 122 cm³/mol. The smallest absolute Gasteiger partial charge is 0.191 e. The molecular formula is C21H43N5OS. The molecular weight excluding hydrogens is 370 g/mol. The molecule has 6 nitrogen and oxygen atoms in total. The second-order valence-electron chi connectivity index (χ2n) is 8.04. The van der Waals surface area contributed by atoms with Gasteiger partial charge in [-0.05, 0) is 52.1 Å². The molecule has 0 radical (unpaired) electrons. The molecule has 164 valence electrons. The van der Waals surface area contributed by atoms with E-state index in [1.54, 1.807) is 0 Å². The van der Waals surface area contributed by atoms with Gasteiger partial charge >= 0.3 is 0 Å². The Balaban J connectivity index is 1.68. The number of nitrogens with one attached hydrogen (secondary N) is 2. The Kier molecular flexibility index (Phi) is 11.4. The van der Waals surface area contributed by atoms with Crippen molar-refractivity contribution in [2.24, 2.45) is 4.99 Å². The van der Waals surface area contributed by atoms with Crippen LogP contribution in [0.2, 0.25) is 0 Å². The molecule has 0 aromatic rings. The lowest BCUT2D eigenvalue weighted by molar-refractivity contribution is 0.136. The summed E-state index contributed by atoms with van der Waals surface area (Å²) in [5.41, 5.74) is 0. The number of piperazine rings is 1. The molecule has 0 aromatic carbocycles. The fourth-order valence-electron chi connectivity index (χ4n) is 4.23. The lowest BCUT2D eigenvalue weighted by atomic mass is 9.95. The molecule has 0 bridgehead atoms. The van der Waals surface area contributed by atoms with Gasteiger partial charge in [-0.2, -0.15) is 0 Å². The normalized spacial score (nSPS) is 26.2. The Morgan fingerprint density at radius 3 is 2.50 bits per heavy atom. The number of nitrogens with zero attached hydrogens (tertiary/aromatic N) is 3. The van der Waals surface area contributed by atoms with Crippen LogP contribution in [0.1, 0.15) is 59.3 Å². The minimum Gasteiger partial charge on any atom is -0.357 e. The van der Waals surface area contributed by atoms with Crippen molar-refractivity contribution in [1.82, 2.24) is 20.4 Å². The SMILES string of the molecule is CCNC(=NCCCCN1CCN(CC)CC1)NC1CCCC(S(=O)CC)C1. The highest BCUT2D eigenvalue weighted by Crippen LogP contribution is 2.23. The van der Waals surface area contributed by atoms with E-state index in [-0.39, 0.29) is 0 Å². The standard InChI is InChI=1S/C21H43N5OS/c1-4-22-21(24-19-10-9-11-20(18-19)28(27)6-3)23-12-7-8-13-26-16-14-25(5-2)15-17-26/h19-20H,4-18H2,1-3H3,(H2,22,23,24). The molecule has 0 spiro atoms. The molecule has 2 aliphatic rings. The van der Waals surface area contributed by atoms with Crippen LogP contribution in [0.15, 0.2) is 4.99 Å². The van der Waals surface area contributed by atoms with Gasteiger partial charge in [-0.15, -0.1) is 0 Å². The molecule has 3 unspecified atom stereocenters. The monoisotopic (exact) mass is 413 g/mol. The third-order valence-corrected chi connectivity index (χ3v) is 7.77. The van der Waals surface area contributed by atoms with Gasteiger partial charge in [-0.1, -0.05) is 20.3 Å². The number of aliphatic imine (C=N–C) groups is 1. The van der Waals surface area contributed by atoms with Crippen molar-refractivity contribution in [3.05, 3.63) is 0 Å². The summed E-state index contributed by atoms with van der Waals surface area (Å²) >= 11 is 0. The van der Waals surface area contributed by atoms with Crippen molar-refractivity contribution < 1.29 is 4.21 Å². The van der Waals surface area contributed by atoms with Crippen molar-refractivity contribution in [2.45, 2.75) is 70.6 Å². The summed E-state index contributed by atoms with van der Waals surface area (Å²) in [4.78, 5) is 9.92. The molecule has 2 rings (SSSR count). The van der Waals surface area contributed by atoms with Crippen molar-refractivity contribution in [2.75, 3.05) is 58.1 Å². The summed E-state index contributed by atoms with van der Waals surface area (Å²) in [6.45, 7) is 15.4. The Bertz CT molecular complexity index is 479. The quantitative estimate of drug-likeness (QED) is 0.326. The molecule has 1 saturated carbocycles. The van der Waals surface area contributed by atoms with E-state index in [1.807, 2.05) is 6.92 Å². The molecule has 2 N–H and O–H groups in total. The Morgan fingerprint density at radius 1 is 1.07 bits per heavy atom. The van der Waals surface area contributed by atoms with Crippen molar-refractivity contribution in [1.29, 1.82) is 0 Å². The summed E-state index contributed by atoms with van der Waals surface area (Å²) in [5, 5.41) is 7.35. The first-order valence-corrected chi connectivity index (χ1v) is 12.9. The van der Waals surface area contributed by atoms with Gasteiger partial charge in [0.25, 0.3) is 0 Å². The molecule has 1 aliphatic heterocycles. The van der Waals surface area contributed by atoms with E-state index in [4.69, 9.17) is 4.99 Å². The van der Waals surface area contributed by atoms with Gasteiger partial charge in [0.15, 0.2) is 5.96 Å². The van der Waals surface area contributed by atoms with Crippen LogP contribution in [0.3, 0.4) is 0 Å². The average Bonchev–Trinajstić information content (AvgIpc) is 2.73. The van der Waals surface area contributed by atoms with E-state index in [9.17, 15) is 4.21 Å². The largest absolute Gasteiger partial charge is 0.357 e. The highest BCUT2D eigenvalue weighted by Gasteiger charge is 2.26. The zero-order chi connectivity index (χ0) is 20.2. The molecule has 0 amide bonds. The predicted octanol–water partition coefficient (Wildman–Crippen LogP) is 2.04. The van der Waals surface area contributed by atoms with E-state index in [2.05, 4.69) is 34.3 Å². The summed E-state index contributed by atoms with van der Waals surface area (Å²) in [7, 11) is -0.674. The van der Waals surface area contributed by atoms with Crippen LogP contribution in [-0.2, 0) is 10.8 Å². The lowest BCUT2D eigenvalue weighted by Gasteiger charge is -2.33. The van der Waals surface area contributed by atoms with Gasteiger partial charge in [-0.25, -0.2) is 0 Å². The van der Waals surface area contributed by atoms with Crippen molar-refractivity contribution in [3.8, 4) is 0 Å². The van der Waals surface area contributed by atoms with E-state index in [1.165, 1.54) is 52.1 Å². The van der Waals surface area contributed by atoms with Crippen LogP contribution < -0.4 is 10.6 Å². The first-order valence-electron chi connectivity index (χ1n) is 11.5. The van der Waals surface area contributed by atoms with E-state index < -0.39 is 10.8 Å². The van der Waals surface area contributed by atoms with Gasteiger partial charge < -0.3 is 20.4 Å². The average molecular weight is 414 g/mol. The van der Waals surface area contributed by atoms with Crippen LogP contribution in [0, 0.1) is 0 Å². The second kappa shape index (κ2) is 13.5. The second-order valence-corrected chi connectivity index (χ2v) is 10.0. The van der Waals surface area contributed by atoms with Crippen LogP contribution in [0.5, 0.6) is 0 Å². The summed E-state index contributed by atoms with van der Waals surface area (Å²) < 4.78 is 12.2. The fraction of sp³-hybridized carbons (Fsp3) is 0.952. The summed E-state index contributed by atoms with van der Waals surface area (Å²) in [5.74, 6) is 1.71. The molecule has 1 saturated heterocycles. The highest BCUT2D eigenvalue weighted by atomic mass is 32.2. The van der Waals surface area contributed by atoms with Crippen LogP contribution in [0.4, 0.5) is 0 Å². The zero-order valence-corrected chi connectivity index (χ0v) is 19.2. The number of guanidine groups is 1. The Labute approximate surface area is 175 Å². The number of hydrogen-bond acceptors (Lipinski definition) is 4. The maximum Gasteiger partial charge on any atom is 0.191 e. The molecule has 0 aromatic heterocycles. The van der Waals surface area contributed by atoms with Gasteiger partial charge in [0.05, 0.1) is 0 Å². The number of unbranched alkanes of at least 4 members (excludes halogenated alkanes) is 1. The molecule has 1 heterocycles.